The Kier molecular flexibility index (Phi) is 3.39. The molecule has 1 saturated carbocycles. The third kappa shape index (κ3) is 2.52. The summed E-state index contributed by atoms with van der Waals surface area (Å²) in [6, 6.07) is 22.0. The molecular formula is C20H21N3O. The fourth-order valence-electron chi connectivity index (χ4n) is 3.87. The molecule has 5 rings (SSSR count). The molecule has 2 unspecified atom stereocenters. The molecule has 2 saturated heterocycles. The minimum absolute atomic E-state index is 0.275. The summed E-state index contributed by atoms with van der Waals surface area (Å²) < 4.78 is 5.68. The average molecular weight is 319 g/mol. The van der Waals surface area contributed by atoms with Gasteiger partial charge in [-0.15, -0.1) is 0 Å². The maximum absolute atomic E-state index is 5.68. The molecule has 2 heterocycles. The molecule has 2 aromatic carbocycles. The van der Waals surface area contributed by atoms with Crippen LogP contribution in [0.15, 0.2) is 65.8 Å². The first-order valence-electron chi connectivity index (χ1n) is 8.77. The number of hydrogen-bond acceptors (Lipinski definition) is 4. The van der Waals surface area contributed by atoms with Crippen LogP contribution in [0.1, 0.15) is 42.5 Å². The summed E-state index contributed by atoms with van der Waals surface area (Å²) >= 11 is 0. The Balaban J connectivity index is 1.37. The number of hydrazone groups is 1. The molecule has 24 heavy (non-hydrogen) atoms. The number of nitrogens with one attached hydrogen (secondary N) is 1. The zero-order chi connectivity index (χ0) is 15.9. The largest absolute Gasteiger partial charge is 0.363 e. The molecule has 0 aromatic heterocycles. The van der Waals surface area contributed by atoms with Gasteiger partial charge in [-0.05, 0) is 30.4 Å². The topological polar surface area (TPSA) is 39.9 Å². The van der Waals surface area contributed by atoms with Gasteiger partial charge in [0.15, 0.2) is 0 Å². The second-order valence-electron chi connectivity index (χ2n) is 6.81. The Hall–Kier alpha value is -2.17. The van der Waals surface area contributed by atoms with E-state index in [0.717, 1.165) is 6.42 Å². The van der Waals surface area contributed by atoms with E-state index in [4.69, 9.17) is 4.74 Å². The Morgan fingerprint density at radius 1 is 0.917 bits per heavy atom. The van der Waals surface area contributed by atoms with Gasteiger partial charge in [0.05, 0.1) is 23.9 Å². The predicted octanol–water partition coefficient (Wildman–Crippen LogP) is 3.60. The number of epoxide rings is 1. The predicted molar refractivity (Wildman–Crippen MR) is 93.3 cm³/mol. The third-order valence-corrected chi connectivity index (χ3v) is 5.23. The molecule has 2 aromatic rings. The van der Waals surface area contributed by atoms with E-state index >= 15 is 0 Å². The second-order valence-corrected chi connectivity index (χ2v) is 6.81. The maximum Gasteiger partial charge on any atom is 0.124 e. The lowest BCUT2D eigenvalue weighted by atomic mass is 9.99. The molecule has 3 aliphatic rings. The molecule has 0 spiro atoms. The average Bonchev–Trinajstić information content (AvgIpc) is 3.55. The van der Waals surface area contributed by atoms with Gasteiger partial charge < -0.3 is 4.74 Å². The lowest BCUT2D eigenvalue weighted by molar-refractivity contribution is 0.359. The Labute approximate surface area is 142 Å². The van der Waals surface area contributed by atoms with Crippen molar-refractivity contribution in [1.29, 1.82) is 0 Å². The smallest absolute Gasteiger partial charge is 0.124 e. The normalized spacial score (nSPS) is 35.3. The minimum Gasteiger partial charge on any atom is -0.363 e. The molecule has 1 aliphatic carbocycles. The summed E-state index contributed by atoms with van der Waals surface area (Å²) in [6.45, 7) is 0. The molecular weight excluding hydrogens is 298 g/mol. The Morgan fingerprint density at radius 2 is 1.54 bits per heavy atom. The van der Waals surface area contributed by atoms with Gasteiger partial charge in [-0.25, -0.2) is 5.53 Å². The van der Waals surface area contributed by atoms with Crippen LogP contribution in [0.25, 0.3) is 0 Å². The van der Waals surface area contributed by atoms with Crippen molar-refractivity contribution in [3.63, 3.8) is 0 Å². The third-order valence-electron chi connectivity index (χ3n) is 5.23. The fourth-order valence-corrected chi connectivity index (χ4v) is 3.87. The zero-order valence-corrected chi connectivity index (χ0v) is 13.5. The van der Waals surface area contributed by atoms with Crippen LogP contribution in [-0.2, 0) is 4.74 Å². The second kappa shape index (κ2) is 5.72. The van der Waals surface area contributed by atoms with Gasteiger partial charge in [0.25, 0.3) is 0 Å². The SMILES string of the molecule is c1ccc([C@H]2[C@H](c3ccccc3)N2N/N=C2/CCCC3OC23)cc1. The highest BCUT2D eigenvalue weighted by Gasteiger charge is 2.51. The number of nitrogens with zero attached hydrogens (tertiary/aromatic N) is 2. The molecule has 122 valence electrons. The first-order valence-corrected chi connectivity index (χ1v) is 8.77. The van der Waals surface area contributed by atoms with E-state index < -0.39 is 0 Å². The summed E-state index contributed by atoms with van der Waals surface area (Å²) in [5.74, 6) is 0. The molecule has 3 fully saturated rings. The first kappa shape index (κ1) is 14.2. The Bertz CT molecular complexity index is 700. The van der Waals surface area contributed by atoms with Crippen molar-refractivity contribution in [2.75, 3.05) is 0 Å². The summed E-state index contributed by atoms with van der Waals surface area (Å²) in [5, 5.41) is 6.93. The molecule has 4 heteroatoms. The van der Waals surface area contributed by atoms with Gasteiger partial charge in [-0.1, -0.05) is 60.7 Å². The molecule has 1 N–H and O–H groups in total. The number of fused-ring (bicyclic) bond motifs is 1. The van der Waals surface area contributed by atoms with Crippen LogP contribution in [0.5, 0.6) is 0 Å². The molecule has 4 atom stereocenters. The fraction of sp³-hybridized carbons (Fsp3) is 0.350. The molecule has 0 amide bonds. The van der Waals surface area contributed by atoms with Crippen molar-refractivity contribution in [2.45, 2.75) is 43.6 Å². The molecule has 2 aliphatic heterocycles. The van der Waals surface area contributed by atoms with Crippen LogP contribution in [0.2, 0.25) is 0 Å². The van der Waals surface area contributed by atoms with Gasteiger partial charge in [-0.2, -0.15) is 10.1 Å². The monoisotopic (exact) mass is 319 g/mol. The van der Waals surface area contributed by atoms with Crippen molar-refractivity contribution >= 4 is 5.71 Å². The number of ether oxygens (including phenoxy) is 1. The van der Waals surface area contributed by atoms with E-state index in [0.29, 0.717) is 18.2 Å². The van der Waals surface area contributed by atoms with Gasteiger partial charge in [-0.3, -0.25) is 0 Å². The van der Waals surface area contributed by atoms with E-state index in [9.17, 15) is 0 Å². The zero-order valence-electron chi connectivity index (χ0n) is 13.5. The quantitative estimate of drug-likeness (QED) is 0.691. The van der Waals surface area contributed by atoms with Crippen LogP contribution in [0.4, 0.5) is 0 Å². The standard InChI is InChI=1S/C20H21N3O/c1-3-8-14(9-4-1)18-19(15-10-5-2-6-11-15)23(18)22-21-16-12-7-13-17-20(16)24-17/h1-6,8-11,17-20,22H,7,12-13H2/b21-16-/t17?,18-,19-,20?/m0/s1. The van der Waals surface area contributed by atoms with Crippen LogP contribution in [-0.4, -0.2) is 22.9 Å². The highest BCUT2D eigenvalue weighted by atomic mass is 16.6. The highest BCUT2D eigenvalue weighted by molar-refractivity contribution is 5.91. The van der Waals surface area contributed by atoms with Crippen molar-refractivity contribution in [2.24, 2.45) is 5.10 Å². The minimum atomic E-state index is 0.275. The van der Waals surface area contributed by atoms with E-state index in [-0.39, 0.29) is 6.10 Å². The van der Waals surface area contributed by atoms with Crippen molar-refractivity contribution in [1.82, 2.24) is 10.5 Å². The van der Waals surface area contributed by atoms with Gasteiger partial charge in [0.2, 0.25) is 0 Å². The molecule has 0 radical (unpaired) electrons. The van der Waals surface area contributed by atoms with Crippen LogP contribution in [0.3, 0.4) is 0 Å². The van der Waals surface area contributed by atoms with Crippen molar-refractivity contribution in [3.05, 3.63) is 71.8 Å². The van der Waals surface area contributed by atoms with Crippen LogP contribution >= 0.6 is 0 Å². The number of rotatable bonds is 4. The van der Waals surface area contributed by atoms with Crippen molar-refractivity contribution in [3.8, 4) is 0 Å². The van der Waals surface area contributed by atoms with Crippen LogP contribution in [0, 0.1) is 0 Å². The summed E-state index contributed by atoms with van der Waals surface area (Å²) in [4.78, 5) is 0. The van der Waals surface area contributed by atoms with E-state index in [2.05, 4.69) is 76.3 Å². The highest BCUT2D eigenvalue weighted by Crippen LogP contribution is 2.52. The number of benzene rings is 2. The Morgan fingerprint density at radius 3 is 2.17 bits per heavy atom. The maximum atomic E-state index is 5.68. The van der Waals surface area contributed by atoms with Crippen LogP contribution < -0.4 is 5.53 Å². The number of hydrogen-bond donors (Lipinski definition) is 1. The molecule has 0 bridgehead atoms. The van der Waals surface area contributed by atoms with Crippen molar-refractivity contribution < 1.29 is 4.74 Å². The lowest BCUT2D eigenvalue weighted by Crippen LogP contribution is -2.23. The summed E-state index contributed by atoms with van der Waals surface area (Å²) in [6.07, 6.45) is 4.13. The summed E-state index contributed by atoms with van der Waals surface area (Å²) in [7, 11) is 0. The van der Waals surface area contributed by atoms with E-state index in [1.807, 2.05) is 0 Å². The van der Waals surface area contributed by atoms with E-state index in [1.54, 1.807) is 0 Å². The lowest BCUT2D eigenvalue weighted by Gasteiger charge is -2.10. The van der Waals surface area contributed by atoms with Gasteiger partial charge in [0, 0.05) is 0 Å². The molecule has 4 nitrogen and oxygen atoms in total. The van der Waals surface area contributed by atoms with Gasteiger partial charge in [0.1, 0.15) is 6.10 Å². The first-order chi connectivity index (χ1) is 11.9. The van der Waals surface area contributed by atoms with E-state index in [1.165, 1.54) is 29.7 Å². The number of hydrazine groups is 1. The summed E-state index contributed by atoms with van der Waals surface area (Å²) in [5.41, 5.74) is 7.14. The van der Waals surface area contributed by atoms with Gasteiger partial charge >= 0.3 is 0 Å².